The molecule has 1 rings (SSSR count). The quantitative estimate of drug-likeness (QED) is 0.866. The molecule has 3 N–H and O–H groups in total. The maximum absolute atomic E-state index is 13.4. The number of aliphatic hydroxyl groups excluding tert-OH is 1. The van der Waals surface area contributed by atoms with E-state index in [4.69, 9.17) is 11.6 Å². The van der Waals surface area contributed by atoms with Gasteiger partial charge in [-0.2, -0.15) is 8.42 Å². The lowest BCUT2D eigenvalue weighted by Gasteiger charge is -2.19. The molecular formula is C9H11ClFNO4S. The first-order valence-electron chi connectivity index (χ1n) is 4.55. The Hall–Kier alpha value is -0.730. The number of nitrogens with two attached hydrogens (primary N) is 1. The van der Waals surface area contributed by atoms with Crippen LogP contribution in [0.4, 0.5) is 4.39 Å². The Morgan fingerprint density at radius 3 is 2.59 bits per heavy atom. The number of rotatable bonds is 4. The second kappa shape index (κ2) is 5.28. The van der Waals surface area contributed by atoms with Gasteiger partial charge in [0.25, 0.3) is 0 Å². The average molecular weight is 284 g/mol. The fourth-order valence-corrected chi connectivity index (χ4v) is 2.10. The normalized spacial score (nSPS) is 15.6. The molecule has 1 aromatic rings. The van der Waals surface area contributed by atoms with Crippen LogP contribution in [0.1, 0.15) is 18.6 Å². The predicted molar refractivity (Wildman–Crippen MR) is 60.0 cm³/mol. The molecule has 0 spiro atoms. The average Bonchev–Trinajstić information content (AvgIpc) is 2.14. The van der Waals surface area contributed by atoms with Crippen LogP contribution < -0.4 is 5.14 Å². The van der Waals surface area contributed by atoms with E-state index in [1.807, 2.05) is 0 Å². The van der Waals surface area contributed by atoms with Crippen LogP contribution >= 0.6 is 11.6 Å². The van der Waals surface area contributed by atoms with Crippen molar-refractivity contribution in [2.24, 2.45) is 5.14 Å². The minimum Gasteiger partial charge on any atom is -0.385 e. The Labute approximate surface area is 103 Å². The van der Waals surface area contributed by atoms with Gasteiger partial charge in [0.15, 0.2) is 0 Å². The van der Waals surface area contributed by atoms with Gasteiger partial charge >= 0.3 is 10.3 Å². The van der Waals surface area contributed by atoms with Crippen LogP contribution in [0.5, 0.6) is 0 Å². The van der Waals surface area contributed by atoms with Gasteiger partial charge < -0.3 is 5.11 Å². The summed E-state index contributed by atoms with van der Waals surface area (Å²) in [6.45, 7) is 1.23. The Kier molecular flexibility index (Phi) is 4.45. The highest BCUT2D eigenvalue weighted by Crippen LogP contribution is 2.29. The summed E-state index contributed by atoms with van der Waals surface area (Å²) in [5.74, 6) is -0.755. The van der Waals surface area contributed by atoms with Crippen molar-refractivity contribution in [3.05, 3.63) is 34.6 Å². The largest absolute Gasteiger partial charge is 0.385 e. The molecule has 0 aliphatic carbocycles. The van der Waals surface area contributed by atoms with Crippen molar-refractivity contribution >= 4 is 21.9 Å². The highest BCUT2D eigenvalue weighted by atomic mass is 35.5. The first kappa shape index (κ1) is 14.3. The van der Waals surface area contributed by atoms with E-state index in [9.17, 15) is 17.9 Å². The first-order chi connectivity index (χ1) is 7.72. The van der Waals surface area contributed by atoms with Gasteiger partial charge in [-0.3, -0.25) is 4.18 Å². The summed E-state index contributed by atoms with van der Waals surface area (Å²) < 4.78 is 39.1. The zero-order chi connectivity index (χ0) is 13.2. The van der Waals surface area contributed by atoms with Gasteiger partial charge in [-0.05, 0) is 19.1 Å². The van der Waals surface area contributed by atoms with Gasteiger partial charge in [-0.1, -0.05) is 17.7 Å². The highest BCUT2D eigenvalue weighted by molar-refractivity contribution is 7.84. The molecule has 0 aromatic heterocycles. The second-order valence-electron chi connectivity index (χ2n) is 3.37. The van der Waals surface area contributed by atoms with Crippen molar-refractivity contribution in [3.63, 3.8) is 0 Å². The smallest absolute Gasteiger partial charge is 0.333 e. The third kappa shape index (κ3) is 3.90. The zero-order valence-electron chi connectivity index (χ0n) is 8.80. The summed E-state index contributed by atoms with van der Waals surface area (Å²) in [5.41, 5.74) is -0.231. The molecule has 0 radical (unpaired) electrons. The van der Waals surface area contributed by atoms with Gasteiger partial charge in [0.2, 0.25) is 0 Å². The number of aliphatic hydroxyl groups is 1. The lowest BCUT2D eigenvalue weighted by molar-refractivity contribution is 0.0484. The summed E-state index contributed by atoms with van der Waals surface area (Å²) in [6, 6.07) is 3.82. The minimum absolute atomic E-state index is 0.0256. The molecule has 0 aliphatic rings. The monoisotopic (exact) mass is 283 g/mol. The third-order valence-electron chi connectivity index (χ3n) is 2.03. The second-order valence-corrected chi connectivity index (χ2v) is 4.96. The van der Waals surface area contributed by atoms with E-state index in [-0.39, 0.29) is 10.6 Å². The molecule has 0 saturated carbocycles. The molecule has 0 amide bonds. The van der Waals surface area contributed by atoms with Gasteiger partial charge in [0.05, 0.1) is 0 Å². The van der Waals surface area contributed by atoms with Gasteiger partial charge in [-0.15, -0.1) is 0 Å². The molecule has 2 atom stereocenters. The highest BCUT2D eigenvalue weighted by Gasteiger charge is 2.26. The van der Waals surface area contributed by atoms with Crippen molar-refractivity contribution < 1.29 is 22.1 Å². The number of benzene rings is 1. The molecule has 0 bridgehead atoms. The van der Waals surface area contributed by atoms with Crippen LogP contribution in [-0.4, -0.2) is 19.6 Å². The first-order valence-corrected chi connectivity index (χ1v) is 6.40. The van der Waals surface area contributed by atoms with Crippen molar-refractivity contribution in [1.29, 1.82) is 0 Å². The van der Waals surface area contributed by atoms with E-state index in [1.165, 1.54) is 19.1 Å². The van der Waals surface area contributed by atoms with Crippen LogP contribution in [0.2, 0.25) is 5.02 Å². The van der Waals surface area contributed by atoms with Crippen LogP contribution in [0.25, 0.3) is 0 Å². The topological polar surface area (TPSA) is 89.6 Å². The van der Waals surface area contributed by atoms with E-state index in [2.05, 4.69) is 9.32 Å². The van der Waals surface area contributed by atoms with E-state index < -0.39 is 28.3 Å². The molecule has 96 valence electrons. The standard InChI is InChI=1S/C9H11ClFNO4S/c1-5(16-17(12,14)15)9(13)8-6(10)3-2-4-7(8)11/h2-5,9,13H,1H3,(H2,12,14,15)/t5-,9+/m0/s1. The van der Waals surface area contributed by atoms with Crippen LogP contribution in [-0.2, 0) is 14.5 Å². The third-order valence-corrected chi connectivity index (χ3v) is 2.93. The molecule has 0 unspecified atom stereocenters. The lowest BCUT2D eigenvalue weighted by atomic mass is 10.1. The molecule has 0 aliphatic heterocycles. The molecular weight excluding hydrogens is 273 g/mol. The summed E-state index contributed by atoms with van der Waals surface area (Å²) in [4.78, 5) is 0. The van der Waals surface area contributed by atoms with Crippen LogP contribution in [0.15, 0.2) is 18.2 Å². The van der Waals surface area contributed by atoms with E-state index in [1.54, 1.807) is 0 Å². The summed E-state index contributed by atoms with van der Waals surface area (Å²) in [5, 5.41) is 14.4. The summed E-state index contributed by atoms with van der Waals surface area (Å²) >= 11 is 5.70. The zero-order valence-corrected chi connectivity index (χ0v) is 10.4. The number of halogens is 2. The molecule has 0 saturated heterocycles. The molecule has 5 nitrogen and oxygen atoms in total. The van der Waals surface area contributed by atoms with E-state index in [0.29, 0.717) is 0 Å². The maximum Gasteiger partial charge on any atom is 0.333 e. The Morgan fingerprint density at radius 2 is 2.12 bits per heavy atom. The lowest BCUT2D eigenvalue weighted by Crippen LogP contribution is -2.27. The van der Waals surface area contributed by atoms with Crippen LogP contribution in [0, 0.1) is 5.82 Å². The minimum atomic E-state index is -4.23. The van der Waals surface area contributed by atoms with Crippen molar-refractivity contribution in [3.8, 4) is 0 Å². The van der Waals surface area contributed by atoms with Gasteiger partial charge in [0.1, 0.15) is 18.0 Å². The van der Waals surface area contributed by atoms with E-state index >= 15 is 0 Å². The van der Waals surface area contributed by atoms with Crippen molar-refractivity contribution in [2.75, 3.05) is 0 Å². The fourth-order valence-electron chi connectivity index (χ4n) is 1.29. The Balaban J connectivity index is 3.00. The molecule has 1 aromatic carbocycles. The predicted octanol–water partition coefficient (Wildman–Crippen LogP) is 1.12. The number of hydrogen-bond acceptors (Lipinski definition) is 4. The number of hydrogen-bond donors (Lipinski definition) is 2. The SMILES string of the molecule is C[C@H](OS(N)(=O)=O)[C@@H](O)c1c(F)cccc1Cl. The molecule has 0 heterocycles. The molecule has 17 heavy (non-hydrogen) atoms. The Bertz CT molecular complexity index is 487. The van der Waals surface area contributed by atoms with Crippen molar-refractivity contribution in [2.45, 2.75) is 19.1 Å². The van der Waals surface area contributed by atoms with Crippen molar-refractivity contribution in [1.82, 2.24) is 0 Å². The van der Waals surface area contributed by atoms with Gasteiger partial charge in [0, 0.05) is 10.6 Å². The summed E-state index contributed by atoms with van der Waals surface area (Å²) in [6.07, 6.45) is -2.79. The fraction of sp³-hybridized carbons (Fsp3) is 0.333. The van der Waals surface area contributed by atoms with E-state index in [0.717, 1.165) is 6.07 Å². The summed E-state index contributed by atoms with van der Waals surface area (Å²) in [7, 11) is -4.23. The molecule has 8 heteroatoms. The van der Waals surface area contributed by atoms with Gasteiger partial charge in [-0.25, -0.2) is 9.53 Å². The molecule has 0 fully saturated rings. The van der Waals surface area contributed by atoms with Crippen LogP contribution in [0.3, 0.4) is 0 Å². The maximum atomic E-state index is 13.4. The Morgan fingerprint density at radius 1 is 1.53 bits per heavy atom.